The van der Waals surface area contributed by atoms with E-state index in [1.54, 1.807) is 12.5 Å². The van der Waals surface area contributed by atoms with Gasteiger partial charge in [-0.2, -0.15) is 0 Å². The molecule has 94 valence electrons. The first-order valence-corrected chi connectivity index (χ1v) is 6.54. The third-order valence-corrected chi connectivity index (χ3v) is 3.54. The smallest absolute Gasteiger partial charge is 0.222 e. The molecule has 0 bridgehead atoms. The van der Waals surface area contributed by atoms with E-state index in [4.69, 9.17) is 0 Å². The lowest BCUT2D eigenvalue weighted by Gasteiger charge is -2.19. The number of rotatable bonds is 4. The maximum absolute atomic E-state index is 12.0. The molecule has 1 saturated heterocycles. The molecule has 2 rings (SSSR count). The number of hydrogen-bond donors (Lipinski definition) is 1. The Bertz CT molecular complexity index is 348. The predicted molar refractivity (Wildman–Crippen MR) is 66.3 cm³/mol. The number of hydrogen-bond acceptors (Lipinski definition) is 2. The molecule has 17 heavy (non-hydrogen) atoms. The van der Waals surface area contributed by atoms with Crippen LogP contribution in [0, 0.1) is 5.92 Å². The highest BCUT2D eigenvalue weighted by Gasteiger charge is 2.22. The van der Waals surface area contributed by atoms with Gasteiger partial charge < -0.3 is 9.88 Å². The van der Waals surface area contributed by atoms with Crippen molar-refractivity contribution in [1.82, 2.24) is 14.9 Å². The number of aromatic amines is 1. The van der Waals surface area contributed by atoms with Crippen LogP contribution in [0.25, 0.3) is 0 Å². The van der Waals surface area contributed by atoms with E-state index in [0.717, 1.165) is 31.0 Å². The Balaban J connectivity index is 1.91. The van der Waals surface area contributed by atoms with Gasteiger partial charge in [0.2, 0.25) is 5.91 Å². The Morgan fingerprint density at radius 2 is 2.41 bits per heavy atom. The Hall–Kier alpha value is -1.32. The summed E-state index contributed by atoms with van der Waals surface area (Å²) in [5.74, 6) is 1.02. The minimum absolute atomic E-state index is 0.290. The van der Waals surface area contributed by atoms with Crippen LogP contribution in [0.2, 0.25) is 0 Å². The maximum Gasteiger partial charge on any atom is 0.222 e. The van der Waals surface area contributed by atoms with E-state index in [0.29, 0.717) is 18.9 Å². The minimum Gasteiger partial charge on any atom is -0.347 e. The normalized spacial score (nSPS) is 21.6. The molecule has 0 aromatic carbocycles. The van der Waals surface area contributed by atoms with E-state index in [2.05, 4.69) is 16.9 Å². The number of nitrogens with zero attached hydrogens (tertiary/aromatic N) is 2. The zero-order chi connectivity index (χ0) is 12.1. The number of carbonyl (C=O) groups is 1. The molecule has 2 heterocycles. The van der Waals surface area contributed by atoms with Crippen LogP contribution in [0.4, 0.5) is 0 Å². The number of carbonyl (C=O) groups excluding carboxylic acids is 1. The summed E-state index contributed by atoms with van der Waals surface area (Å²) in [7, 11) is 0. The molecule has 0 aliphatic carbocycles. The van der Waals surface area contributed by atoms with Gasteiger partial charge >= 0.3 is 0 Å². The molecular formula is C13H21N3O. The Kier molecular flexibility index (Phi) is 4.18. The van der Waals surface area contributed by atoms with Gasteiger partial charge in [-0.15, -0.1) is 0 Å². The molecule has 4 heteroatoms. The second-order valence-electron chi connectivity index (χ2n) is 4.87. The Morgan fingerprint density at radius 3 is 3.12 bits per heavy atom. The molecule has 0 radical (unpaired) electrons. The molecule has 1 fully saturated rings. The lowest BCUT2D eigenvalue weighted by molar-refractivity contribution is -0.131. The molecule has 1 aliphatic rings. The highest BCUT2D eigenvalue weighted by atomic mass is 16.2. The molecule has 0 spiro atoms. The quantitative estimate of drug-likeness (QED) is 0.870. The van der Waals surface area contributed by atoms with Crippen LogP contribution in [-0.2, 0) is 11.3 Å². The molecule has 1 atom stereocenters. The van der Waals surface area contributed by atoms with Gasteiger partial charge in [0, 0.05) is 19.2 Å². The molecule has 1 amide bonds. The molecule has 1 unspecified atom stereocenters. The van der Waals surface area contributed by atoms with E-state index >= 15 is 0 Å². The zero-order valence-electron chi connectivity index (χ0n) is 10.5. The maximum atomic E-state index is 12.0. The van der Waals surface area contributed by atoms with E-state index < -0.39 is 0 Å². The van der Waals surface area contributed by atoms with Gasteiger partial charge in [-0.05, 0) is 18.8 Å². The van der Waals surface area contributed by atoms with Crippen molar-refractivity contribution in [2.75, 3.05) is 6.54 Å². The van der Waals surface area contributed by atoms with Crippen LogP contribution in [0.15, 0.2) is 12.5 Å². The van der Waals surface area contributed by atoms with Crippen molar-refractivity contribution in [2.45, 2.75) is 45.6 Å². The van der Waals surface area contributed by atoms with Crippen LogP contribution in [0.5, 0.6) is 0 Å². The first-order valence-electron chi connectivity index (χ1n) is 6.54. The second-order valence-corrected chi connectivity index (χ2v) is 4.87. The lowest BCUT2D eigenvalue weighted by Crippen LogP contribution is -2.29. The minimum atomic E-state index is 0.290. The largest absolute Gasteiger partial charge is 0.347 e. The molecule has 0 saturated carbocycles. The van der Waals surface area contributed by atoms with E-state index in [-0.39, 0.29) is 0 Å². The van der Waals surface area contributed by atoms with Crippen molar-refractivity contribution >= 4 is 5.91 Å². The molecule has 1 aromatic heterocycles. The third kappa shape index (κ3) is 3.32. The predicted octanol–water partition coefficient (Wildman–Crippen LogP) is 2.34. The van der Waals surface area contributed by atoms with Gasteiger partial charge in [0.1, 0.15) is 0 Å². The van der Waals surface area contributed by atoms with E-state index in [1.807, 2.05) is 4.90 Å². The summed E-state index contributed by atoms with van der Waals surface area (Å²) < 4.78 is 0. The molecule has 4 nitrogen and oxygen atoms in total. The molecule has 1 aliphatic heterocycles. The van der Waals surface area contributed by atoms with Crippen LogP contribution in [0.3, 0.4) is 0 Å². The van der Waals surface area contributed by atoms with Crippen LogP contribution >= 0.6 is 0 Å². The first-order chi connectivity index (χ1) is 8.29. The summed E-state index contributed by atoms with van der Waals surface area (Å²) in [6, 6.07) is 0. The van der Waals surface area contributed by atoms with Crippen molar-refractivity contribution < 1.29 is 4.79 Å². The van der Waals surface area contributed by atoms with Gasteiger partial charge in [0.15, 0.2) is 0 Å². The van der Waals surface area contributed by atoms with E-state index in [9.17, 15) is 4.79 Å². The molecule has 1 aromatic rings. The Labute approximate surface area is 102 Å². The van der Waals surface area contributed by atoms with Crippen molar-refractivity contribution in [3.63, 3.8) is 0 Å². The number of aromatic nitrogens is 2. The summed E-state index contributed by atoms with van der Waals surface area (Å²) in [6.45, 7) is 3.79. The topological polar surface area (TPSA) is 49.0 Å². The number of likely N-dealkylation sites (tertiary alicyclic amines) is 1. The summed E-state index contributed by atoms with van der Waals surface area (Å²) >= 11 is 0. The van der Waals surface area contributed by atoms with Gasteiger partial charge in [0.05, 0.1) is 18.6 Å². The number of amides is 1. The molecular weight excluding hydrogens is 214 g/mol. The second kappa shape index (κ2) is 5.84. The fraction of sp³-hybridized carbons (Fsp3) is 0.692. The van der Waals surface area contributed by atoms with E-state index in [1.165, 1.54) is 12.8 Å². The summed E-state index contributed by atoms with van der Waals surface area (Å²) in [4.78, 5) is 21.0. The molecule has 1 N–H and O–H groups in total. The third-order valence-electron chi connectivity index (χ3n) is 3.54. The number of imidazole rings is 1. The fourth-order valence-electron chi connectivity index (χ4n) is 2.53. The monoisotopic (exact) mass is 235 g/mol. The standard InChI is InChI=1S/C13H21N3O/c1-2-3-11-4-5-13(17)16(7-6-11)9-12-8-14-10-15-12/h8,10-11H,2-7,9H2,1H3,(H,14,15). The number of H-pyrrole nitrogens is 1. The van der Waals surface area contributed by atoms with Crippen molar-refractivity contribution in [2.24, 2.45) is 5.92 Å². The van der Waals surface area contributed by atoms with Gasteiger partial charge in [-0.25, -0.2) is 4.98 Å². The van der Waals surface area contributed by atoms with Gasteiger partial charge in [0.25, 0.3) is 0 Å². The summed E-state index contributed by atoms with van der Waals surface area (Å²) in [5, 5.41) is 0. The average molecular weight is 235 g/mol. The SMILES string of the molecule is CCCC1CCC(=O)N(Cc2cnc[nH]2)CC1. The lowest BCUT2D eigenvalue weighted by atomic mass is 9.96. The van der Waals surface area contributed by atoms with Crippen LogP contribution in [0.1, 0.15) is 44.7 Å². The van der Waals surface area contributed by atoms with Crippen molar-refractivity contribution in [1.29, 1.82) is 0 Å². The first kappa shape index (κ1) is 12.1. The van der Waals surface area contributed by atoms with Gasteiger partial charge in [-0.1, -0.05) is 19.8 Å². The van der Waals surface area contributed by atoms with Gasteiger partial charge in [-0.3, -0.25) is 4.79 Å². The highest BCUT2D eigenvalue weighted by Crippen LogP contribution is 2.23. The average Bonchev–Trinajstić information content (AvgIpc) is 2.77. The zero-order valence-corrected chi connectivity index (χ0v) is 10.5. The van der Waals surface area contributed by atoms with Crippen molar-refractivity contribution in [3.05, 3.63) is 18.2 Å². The van der Waals surface area contributed by atoms with Crippen molar-refractivity contribution in [3.8, 4) is 0 Å². The van der Waals surface area contributed by atoms with Crippen LogP contribution < -0.4 is 0 Å². The Morgan fingerprint density at radius 1 is 1.53 bits per heavy atom. The highest BCUT2D eigenvalue weighted by molar-refractivity contribution is 5.76. The number of nitrogens with one attached hydrogen (secondary N) is 1. The fourth-order valence-corrected chi connectivity index (χ4v) is 2.53. The summed E-state index contributed by atoms with van der Waals surface area (Å²) in [6.07, 6.45) is 8.85. The van der Waals surface area contributed by atoms with Crippen LogP contribution in [-0.4, -0.2) is 27.3 Å². The summed E-state index contributed by atoms with van der Waals surface area (Å²) in [5.41, 5.74) is 1.02.